The largest absolute Gasteiger partial charge is 0.496 e. The number of methoxy groups -OCH3 is 1. The molecule has 0 bridgehead atoms. The van der Waals surface area contributed by atoms with Crippen LogP contribution in [0.15, 0.2) is 36.7 Å². The number of aryl methyl sites for hydroxylation is 1. The minimum atomic E-state index is -0.611. The first-order valence-corrected chi connectivity index (χ1v) is 7.29. The summed E-state index contributed by atoms with van der Waals surface area (Å²) in [6.07, 6.45) is 3.23. The number of carbonyl (C=O) groups is 1. The summed E-state index contributed by atoms with van der Waals surface area (Å²) >= 11 is 0. The zero-order valence-electron chi connectivity index (χ0n) is 13.5. The molecule has 0 fully saturated rings. The molecule has 9 heteroatoms. The second kappa shape index (κ2) is 6.56. The Balaban J connectivity index is 1.86. The van der Waals surface area contributed by atoms with E-state index in [0.717, 1.165) is 0 Å². The van der Waals surface area contributed by atoms with Gasteiger partial charge < -0.3 is 9.47 Å². The Hall–Kier alpha value is -3.49. The molecular formula is C16H14N4O5. The molecule has 0 aliphatic carbocycles. The minimum Gasteiger partial charge on any atom is -0.496 e. The summed E-state index contributed by atoms with van der Waals surface area (Å²) in [5, 5.41) is 15.1. The Kier molecular flexibility index (Phi) is 4.29. The summed E-state index contributed by atoms with van der Waals surface area (Å²) in [5.74, 6) is -0.215. The van der Waals surface area contributed by atoms with E-state index in [1.54, 1.807) is 25.4 Å². The molecule has 3 rings (SSSR count). The van der Waals surface area contributed by atoms with E-state index in [1.807, 2.05) is 0 Å². The van der Waals surface area contributed by atoms with Gasteiger partial charge in [0.05, 0.1) is 17.7 Å². The molecule has 0 saturated carbocycles. The number of hydrogen-bond acceptors (Lipinski definition) is 7. The van der Waals surface area contributed by atoms with E-state index in [4.69, 9.17) is 9.47 Å². The molecule has 0 radical (unpaired) electrons. The molecule has 0 aliphatic rings. The molecule has 0 unspecified atom stereocenters. The second-order valence-corrected chi connectivity index (χ2v) is 5.18. The molecule has 2 heterocycles. The third-order valence-electron chi connectivity index (χ3n) is 3.61. The summed E-state index contributed by atoms with van der Waals surface area (Å²) in [5.41, 5.74) is 1.41. The molecule has 25 heavy (non-hydrogen) atoms. The number of esters is 1. The van der Waals surface area contributed by atoms with Crippen molar-refractivity contribution in [1.82, 2.24) is 14.6 Å². The highest BCUT2D eigenvalue weighted by Crippen LogP contribution is 2.25. The van der Waals surface area contributed by atoms with Crippen LogP contribution in [0.3, 0.4) is 0 Å². The highest BCUT2D eigenvalue weighted by molar-refractivity contribution is 5.97. The molecule has 0 N–H and O–H groups in total. The van der Waals surface area contributed by atoms with Crippen molar-refractivity contribution in [3.05, 3.63) is 63.6 Å². The van der Waals surface area contributed by atoms with Gasteiger partial charge in [-0.2, -0.15) is 5.10 Å². The summed E-state index contributed by atoms with van der Waals surface area (Å²) in [6, 6.07) is 5.79. The van der Waals surface area contributed by atoms with Crippen molar-refractivity contribution < 1.29 is 19.2 Å². The van der Waals surface area contributed by atoms with E-state index in [2.05, 4.69) is 10.1 Å². The Bertz CT molecular complexity index is 966. The van der Waals surface area contributed by atoms with Gasteiger partial charge in [-0.05, 0) is 19.1 Å². The maximum Gasteiger partial charge on any atom is 0.344 e. The number of non-ortho nitro benzene ring substituents is 1. The number of nitro benzene ring substituents is 1. The van der Waals surface area contributed by atoms with Crippen LogP contribution in [0.1, 0.15) is 21.6 Å². The number of hydrogen-bond donors (Lipinski definition) is 0. The van der Waals surface area contributed by atoms with Gasteiger partial charge in [0.1, 0.15) is 17.9 Å². The lowest BCUT2D eigenvalue weighted by Gasteiger charge is -2.09. The van der Waals surface area contributed by atoms with Crippen molar-refractivity contribution in [1.29, 1.82) is 0 Å². The smallest absolute Gasteiger partial charge is 0.344 e. The van der Waals surface area contributed by atoms with E-state index < -0.39 is 10.9 Å². The average molecular weight is 342 g/mol. The van der Waals surface area contributed by atoms with E-state index in [0.29, 0.717) is 22.7 Å². The van der Waals surface area contributed by atoms with Gasteiger partial charge >= 0.3 is 5.97 Å². The van der Waals surface area contributed by atoms with Crippen molar-refractivity contribution in [2.75, 3.05) is 7.11 Å². The van der Waals surface area contributed by atoms with Gasteiger partial charge in [-0.1, -0.05) is 0 Å². The predicted molar refractivity (Wildman–Crippen MR) is 86.5 cm³/mol. The molecule has 0 saturated heterocycles. The number of rotatable bonds is 5. The number of nitrogens with zero attached hydrogens (tertiary/aromatic N) is 4. The third-order valence-corrected chi connectivity index (χ3v) is 3.61. The number of fused-ring (bicyclic) bond motifs is 1. The molecule has 9 nitrogen and oxygen atoms in total. The van der Waals surface area contributed by atoms with Crippen LogP contribution in [0.2, 0.25) is 0 Å². The van der Waals surface area contributed by atoms with Gasteiger partial charge in [0.2, 0.25) is 0 Å². The van der Waals surface area contributed by atoms with Crippen LogP contribution in [0, 0.1) is 17.0 Å². The zero-order valence-corrected chi connectivity index (χ0v) is 13.5. The highest BCUT2D eigenvalue weighted by atomic mass is 16.6. The maximum atomic E-state index is 12.4. The normalized spacial score (nSPS) is 10.6. The van der Waals surface area contributed by atoms with Crippen molar-refractivity contribution >= 4 is 17.3 Å². The Morgan fingerprint density at radius 2 is 2.20 bits per heavy atom. The number of aromatic nitrogens is 3. The Labute approximate surface area is 142 Å². The maximum absolute atomic E-state index is 12.4. The van der Waals surface area contributed by atoms with Crippen LogP contribution in [0.5, 0.6) is 5.75 Å². The fourth-order valence-electron chi connectivity index (χ4n) is 2.44. The second-order valence-electron chi connectivity index (χ2n) is 5.18. The van der Waals surface area contributed by atoms with Gasteiger partial charge in [0.15, 0.2) is 5.65 Å². The van der Waals surface area contributed by atoms with Gasteiger partial charge in [0.25, 0.3) is 5.69 Å². The van der Waals surface area contributed by atoms with E-state index in [1.165, 1.54) is 29.8 Å². The SMILES string of the molecule is COc1ccc([N+](=O)[O-])cc1COC(=O)c1c(C)nn2cccnc12. The minimum absolute atomic E-state index is 0.110. The summed E-state index contributed by atoms with van der Waals surface area (Å²) < 4.78 is 11.9. The number of ether oxygens (including phenoxy) is 2. The summed E-state index contributed by atoms with van der Waals surface area (Å²) in [6.45, 7) is 1.51. The van der Waals surface area contributed by atoms with Gasteiger partial charge in [-0.15, -0.1) is 0 Å². The van der Waals surface area contributed by atoms with Gasteiger partial charge in [-0.25, -0.2) is 14.3 Å². The lowest BCUT2D eigenvalue weighted by Crippen LogP contribution is -2.08. The fraction of sp³-hybridized carbons (Fsp3) is 0.188. The van der Waals surface area contributed by atoms with Crippen LogP contribution >= 0.6 is 0 Å². The Morgan fingerprint density at radius 3 is 2.92 bits per heavy atom. The molecule has 128 valence electrons. The standard InChI is InChI=1S/C16H14N4O5/c1-10-14(15-17-6-3-7-19(15)18-10)16(21)25-9-11-8-12(20(22)23)4-5-13(11)24-2/h3-8H,9H2,1-2H3. The monoisotopic (exact) mass is 342 g/mol. The molecule has 2 aromatic heterocycles. The van der Waals surface area contributed by atoms with Crippen molar-refractivity contribution in [3.8, 4) is 5.75 Å². The van der Waals surface area contributed by atoms with Crippen molar-refractivity contribution in [3.63, 3.8) is 0 Å². The molecule has 0 spiro atoms. The molecule has 0 atom stereocenters. The van der Waals surface area contributed by atoms with Crippen LogP contribution in [-0.2, 0) is 11.3 Å². The van der Waals surface area contributed by atoms with E-state index in [-0.39, 0.29) is 17.9 Å². The highest BCUT2D eigenvalue weighted by Gasteiger charge is 2.20. The topological polar surface area (TPSA) is 109 Å². The summed E-state index contributed by atoms with van der Waals surface area (Å²) in [7, 11) is 1.44. The van der Waals surface area contributed by atoms with Crippen molar-refractivity contribution in [2.24, 2.45) is 0 Å². The lowest BCUT2D eigenvalue weighted by molar-refractivity contribution is -0.385. The first-order valence-electron chi connectivity index (χ1n) is 7.29. The van der Waals surface area contributed by atoms with E-state index >= 15 is 0 Å². The fourth-order valence-corrected chi connectivity index (χ4v) is 2.44. The lowest BCUT2D eigenvalue weighted by atomic mass is 10.2. The third kappa shape index (κ3) is 3.11. The van der Waals surface area contributed by atoms with Crippen LogP contribution in [-0.4, -0.2) is 32.6 Å². The van der Waals surface area contributed by atoms with Crippen molar-refractivity contribution in [2.45, 2.75) is 13.5 Å². The van der Waals surface area contributed by atoms with Crippen LogP contribution in [0.4, 0.5) is 5.69 Å². The predicted octanol–water partition coefficient (Wildman–Crippen LogP) is 2.31. The summed E-state index contributed by atoms with van der Waals surface area (Å²) in [4.78, 5) is 27.0. The quantitative estimate of drug-likeness (QED) is 0.397. The zero-order chi connectivity index (χ0) is 18.0. The molecule has 3 aromatic rings. The average Bonchev–Trinajstić information content (AvgIpc) is 2.95. The van der Waals surface area contributed by atoms with Crippen LogP contribution in [0.25, 0.3) is 5.65 Å². The van der Waals surface area contributed by atoms with Gasteiger partial charge in [0, 0.05) is 30.1 Å². The molecule has 1 aromatic carbocycles. The molecular weight excluding hydrogens is 328 g/mol. The first kappa shape index (κ1) is 16.4. The van der Waals surface area contributed by atoms with Crippen LogP contribution < -0.4 is 4.74 Å². The molecule has 0 aliphatic heterocycles. The van der Waals surface area contributed by atoms with E-state index in [9.17, 15) is 14.9 Å². The Morgan fingerprint density at radius 1 is 1.40 bits per heavy atom. The number of carbonyl (C=O) groups excluding carboxylic acids is 1. The van der Waals surface area contributed by atoms with Gasteiger partial charge in [-0.3, -0.25) is 10.1 Å². The number of nitro groups is 1. The number of benzene rings is 1. The first-order chi connectivity index (χ1) is 12.0. The molecule has 0 amide bonds.